The number of hydrogen-bond donors (Lipinski definition) is 1. The summed E-state index contributed by atoms with van der Waals surface area (Å²) in [6.07, 6.45) is 3.86. The summed E-state index contributed by atoms with van der Waals surface area (Å²) in [6, 6.07) is 14.2. The average molecular weight is 349 g/mol. The number of carbonyl (C=O) groups excluding carboxylic acids is 1. The molecule has 1 aliphatic rings. The number of para-hydroxylation sites is 1. The molecule has 1 saturated heterocycles. The predicted molar refractivity (Wildman–Crippen MR) is 99.3 cm³/mol. The van der Waals surface area contributed by atoms with Crippen LogP contribution in [0.2, 0.25) is 0 Å². The summed E-state index contributed by atoms with van der Waals surface area (Å²) in [5.74, 6) is 0.284. The van der Waals surface area contributed by atoms with Gasteiger partial charge < -0.3 is 9.88 Å². The number of rotatable bonds is 3. The van der Waals surface area contributed by atoms with Crippen molar-refractivity contribution in [3.05, 3.63) is 76.0 Å². The molecule has 6 nitrogen and oxygen atoms in total. The lowest BCUT2D eigenvalue weighted by Crippen LogP contribution is -2.37. The first kappa shape index (κ1) is 16.3. The zero-order chi connectivity index (χ0) is 18.1. The van der Waals surface area contributed by atoms with Crippen LogP contribution in [0.5, 0.6) is 0 Å². The van der Waals surface area contributed by atoms with E-state index in [0.717, 1.165) is 18.4 Å². The number of carbonyl (C=O) groups is 1. The van der Waals surface area contributed by atoms with Crippen molar-refractivity contribution < 1.29 is 9.72 Å². The van der Waals surface area contributed by atoms with E-state index in [0.29, 0.717) is 24.6 Å². The average Bonchev–Trinajstić information content (AvgIpc) is 3.12. The van der Waals surface area contributed by atoms with Crippen molar-refractivity contribution in [3.63, 3.8) is 0 Å². The molecule has 6 heteroatoms. The van der Waals surface area contributed by atoms with Gasteiger partial charge >= 0.3 is 0 Å². The first-order chi connectivity index (χ1) is 12.6. The number of likely N-dealkylation sites (tertiary alicyclic amines) is 1. The molecular weight excluding hydrogens is 330 g/mol. The van der Waals surface area contributed by atoms with Gasteiger partial charge in [0, 0.05) is 47.9 Å². The Balaban J connectivity index is 1.47. The van der Waals surface area contributed by atoms with Crippen LogP contribution in [0.1, 0.15) is 34.7 Å². The van der Waals surface area contributed by atoms with E-state index in [2.05, 4.69) is 23.3 Å². The minimum atomic E-state index is -0.472. The standard InChI is InChI=1S/C20H19N3O3/c24-20(15-4-3-5-16(12-15)23(25)26)22-10-8-14(9-11-22)18-13-21-19-7-2-1-6-17(18)19/h1-7,12-14,21H,8-11H2. The molecular formula is C20H19N3O3. The number of nitrogens with one attached hydrogen (secondary N) is 1. The Labute approximate surface area is 150 Å². The van der Waals surface area contributed by atoms with Gasteiger partial charge in [-0.05, 0) is 36.5 Å². The summed E-state index contributed by atoms with van der Waals surface area (Å²) >= 11 is 0. The molecule has 3 aromatic rings. The summed E-state index contributed by atoms with van der Waals surface area (Å²) < 4.78 is 0. The molecule has 26 heavy (non-hydrogen) atoms. The highest BCUT2D eigenvalue weighted by Gasteiger charge is 2.26. The van der Waals surface area contributed by atoms with Gasteiger partial charge in [0.1, 0.15) is 0 Å². The van der Waals surface area contributed by atoms with Gasteiger partial charge in [0.15, 0.2) is 0 Å². The highest BCUT2D eigenvalue weighted by molar-refractivity contribution is 5.95. The van der Waals surface area contributed by atoms with Crippen LogP contribution in [0.4, 0.5) is 5.69 Å². The van der Waals surface area contributed by atoms with E-state index in [-0.39, 0.29) is 11.6 Å². The van der Waals surface area contributed by atoms with E-state index in [1.54, 1.807) is 17.0 Å². The van der Waals surface area contributed by atoms with E-state index in [1.165, 1.54) is 23.1 Å². The molecule has 0 saturated carbocycles. The van der Waals surface area contributed by atoms with Gasteiger partial charge in [0.05, 0.1) is 4.92 Å². The molecule has 132 valence electrons. The molecule has 2 aromatic carbocycles. The van der Waals surface area contributed by atoms with Gasteiger partial charge in [-0.1, -0.05) is 24.3 Å². The van der Waals surface area contributed by atoms with Crippen molar-refractivity contribution in [3.8, 4) is 0 Å². The smallest absolute Gasteiger partial charge is 0.270 e. The van der Waals surface area contributed by atoms with Crippen LogP contribution in [-0.4, -0.2) is 33.8 Å². The molecule has 1 fully saturated rings. The van der Waals surface area contributed by atoms with Crippen LogP contribution in [-0.2, 0) is 0 Å². The fourth-order valence-electron chi connectivity index (χ4n) is 3.76. The second kappa shape index (κ2) is 6.63. The number of amides is 1. The maximum absolute atomic E-state index is 12.7. The van der Waals surface area contributed by atoms with E-state index in [4.69, 9.17) is 0 Å². The zero-order valence-corrected chi connectivity index (χ0v) is 14.2. The highest BCUT2D eigenvalue weighted by Crippen LogP contribution is 2.33. The van der Waals surface area contributed by atoms with E-state index in [1.807, 2.05) is 12.1 Å². The van der Waals surface area contributed by atoms with Gasteiger partial charge in [-0.25, -0.2) is 0 Å². The van der Waals surface area contributed by atoms with Crippen molar-refractivity contribution in [1.29, 1.82) is 0 Å². The number of aromatic amines is 1. The van der Waals surface area contributed by atoms with Crippen LogP contribution in [0.3, 0.4) is 0 Å². The fraction of sp³-hybridized carbons (Fsp3) is 0.250. The molecule has 1 aromatic heterocycles. The van der Waals surface area contributed by atoms with Crippen molar-refractivity contribution in [1.82, 2.24) is 9.88 Å². The summed E-state index contributed by atoms with van der Waals surface area (Å²) in [5.41, 5.74) is 2.77. The normalized spacial score (nSPS) is 15.3. The highest BCUT2D eigenvalue weighted by atomic mass is 16.6. The molecule has 0 radical (unpaired) electrons. The number of nitrogens with zero attached hydrogens (tertiary/aromatic N) is 2. The number of fused-ring (bicyclic) bond motifs is 1. The Morgan fingerprint density at radius 2 is 1.88 bits per heavy atom. The number of nitro benzene ring substituents is 1. The fourth-order valence-corrected chi connectivity index (χ4v) is 3.76. The third kappa shape index (κ3) is 2.94. The monoisotopic (exact) mass is 349 g/mol. The third-order valence-corrected chi connectivity index (χ3v) is 5.15. The Bertz CT molecular complexity index is 971. The number of benzene rings is 2. The maximum atomic E-state index is 12.7. The Hall–Kier alpha value is -3.15. The molecule has 1 amide bonds. The molecule has 0 unspecified atom stereocenters. The van der Waals surface area contributed by atoms with Crippen LogP contribution in [0, 0.1) is 10.1 Å². The molecule has 2 heterocycles. The number of nitro groups is 1. The zero-order valence-electron chi connectivity index (χ0n) is 14.2. The Kier molecular flexibility index (Phi) is 4.16. The lowest BCUT2D eigenvalue weighted by molar-refractivity contribution is -0.384. The molecule has 1 aliphatic heterocycles. The van der Waals surface area contributed by atoms with Crippen molar-refractivity contribution >= 4 is 22.5 Å². The summed E-state index contributed by atoms with van der Waals surface area (Å²) in [4.78, 5) is 28.2. The SMILES string of the molecule is O=C(c1cccc([N+](=O)[O-])c1)N1CCC(c2c[nH]c3ccccc23)CC1. The van der Waals surface area contributed by atoms with E-state index < -0.39 is 4.92 Å². The van der Waals surface area contributed by atoms with Crippen LogP contribution in [0.15, 0.2) is 54.7 Å². The van der Waals surface area contributed by atoms with E-state index >= 15 is 0 Å². The molecule has 0 bridgehead atoms. The van der Waals surface area contributed by atoms with Gasteiger partial charge in [-0.2, -0.15) is 0 Å². The van der Waals surface area contributed by atoms with Gasteiger partial charge in [-0.3, -0.25) is 14.9 Å². The second-order valence-electron chi connectivity index (χ2n) is 6.66. The summed E-state index contributed by atoms with van der Waals surface area (Å²) in [5, 5.41) is 12.2. The van der Waals surface area contributed by atoms with Crippen molar-refractivity contribution in [2.24, 2.45) is 0 Å². The number of hydrogen-bond acceptors (Lipinski definition) is 3. The summed E-state index contributed by atoms with van der Waals surface area (Å²) in [6.45, 7) is 1.32. The molecule has 0 spiro atoms. The maximum Gasteiger partial charge on any atom is 0.270 e. The largest absolute Gasteiger partial charge is 0.361 e. The third-order valence-electron chi connectivity index (χ3n) is 5.15. The number of piperidine rings is 1. The van der Waals surface area contributed by atoms with Gasteiger partial charge in [0.2, 0.25) is 0 Å². The Morgan fingerprint density at radius 1 is 1.12 bits per heavy atom. The molecule has 0 atom stereocenters. The van der Waals surface area contributed by atoms with E-state index in [9.17, 15) is 14.9 Å². The molecule has 0 aliphatic carbocycles. The Morgan fingerprint density at radius 3 is 2.65 bits per heavy atom. The minimum Gasteiger partial charge on any atom is -0.361 e. The number of H-pyrrole nitrogens is 1. The number of non-ortho nitro benzene ring substituents is 1. The van der Waals surface area contributed by atoms with Crippen LogP contribution >= 0.6 is 0 Å². The van der Waals surface area contributed by atoms with Gasteiger partial charge in [-0.15, -0.1) is 0 Å². The lowest BCUT2D eigenvalue weighted by Gasteiger charge is -2.32. The topological polar surface area (TPSA) is 79.2 Å². The molecule has 1 N–H and O–H groups in total. The van der Waals surface area contributed by atoms with Gasteiger partial charge in [0.25, 0.3) is 11.6 Å². The minimum absolute atomic E-state index is 0.0514. The first-order valence-corrected chi connectivity index (χ1v) is 8.73. The molecule has 4 rings (SSSR count). The lowest BCUT2D eigenvalue weighted by atomic mass is 9.89. The second-order valence-corrected chi connectivity index (χ2v) is 6.66. The number of aromatic nitrogens is 1. The van der Waals surface area contributed by atoms with Crippen molar-refractivity contribution in [2.45, 2.75) is 18.8 Å². The predicted octanol–water partition coefficient (Wildman–Crippen LogP) is 4.10. The first-order valence-electron chi connectivity index (χ1n) is 8.73. The summed E-state index contributed by atoms with van der Waals surface area (Å²) in [7, 11) is 0. The quantitative estimate of drug-likeness (QED) is 0.571. The van der Waals surface area contributed by atoms with Crippen LogP contribution < -0.4 is 0 Å². The van der Waals surface area contributed by atoms with Crippen LogP contribution in [0.25, 0.3) is 10.9 Å². The van der Waals surface area contributed by atoms with Crippen molar-refractivity contribution in [2.75, 3.05) is 13.1 Å².